The molecule has 0 aromatic heterocycles. The highest BCUT2D eigenvalue weighted by Gasteiger charge is 2.31. The topological polar surface area (TPSA) is 15.3 Å². The number of piperidine rings is 1. The predicted molar refractivity (Wildman–Crippen MR) is 85.3 cm³/mol. The molecule has 0 radical (unpaired) electrons. The molecule has 1 atom stereocenters. The summed E-state index contributed by atoms with van der Waals surface area (Å²) >= 11 is 0. The second kappa shape index (κ2) is 8.18. The highest BCUT2D eigenvalue weighted by molar-refractivity contribution is 5.85. The van der Waals surface area contributed by atoms with Crippen LogP contribution in [0.25, 0.3) is 0 Å². The van der Waals surface area contributed by atoms with E-state index in [9.17, 15) is 13.2 Å². The van der Waals surface area contributed by atoms with Crippen molar-refractivity contribution >= 4 is 12.4 Å². The van der Waals surface area contributed by atoms with Gasteiger partial charge in [-0.2, -0.15) is 13.2 Å². The summed E-state index contributed by atoms with van der Waals surface area (Å²) in [5.41, 5.74) is 0.156. The monoisotopic (exact) mass is 336 g/mol. The van der Waals surface area contributed by atoms with Crippen LogP contribution < -0.4 is 5.32 Å². The third kappa shape index (κ3) is 5.14. The Hall–Kier alpha value is -0.780. The number of hydrogen-bond acceptors (Lipinski definition) is 2. The van der Waals surface area contributed by atoms with Crippen LogP contribution in [-0.4, -0.2) is 31.6 Å². The first-order chi connectivity index (χ1) is 9.88. The lowest BCUT2D eigenvalue weighted by Crippen LogP contribution is -2.35. The van der Waals surface area contributed by atoms with E-state index in [1.54, 1.807) is 6.07 Å². The fourth-order valence-corrected chi connectivity index (χ4v) is 2.86. The van der Waals surface area contributed by atoms with Gasteiger partial charge in [0, 0.05) is 12.6 Å². The molecular weight excluding hydrogens is 313 g/mol. The van der Waals surface area contributed by atoms with Gasteiger partial charge in [0.25, 0.3) is 0 Å². The molecule has 1 saturated heterocycles. The van der Waals surface area contributed by atoms with E-state index >= 15 is 0 Å². The summed E-state index contributed by atoms with van der Waals surface area (Å²) in [6.07, 6.45) is -2.00. The molecule has 1 unspecified atom stereocenters. The molecule has 1 fully saturated rings. The van der Waals surface area contributed by atoms with E-state index in [2.05, 4.69) is 10.2 Å². The summed E-state index contributed by atoms with van der Waals surface area (Å²) in [5, 5.41) is 3.33. The van der Waals surface area contributed by atoms with Crippen molar-refractivity contribution in [2.24, 2.45) is 5.92 Å². The SMILES string of the molecule is CC(c1cccc(C(F)(F)F)c1)N(C)CC1CCNCC1.Cl. The Morgan fingerprint density at radius 1 is 1.27 bits per heavy atom. The molecule has 0 saturated carbocycles. The van der Waals surface area contributed by atoms with Crippen molar-refractivity contribution in [3.05, 3.63) is 35.4 Å². The second-order valence-electron chi connectivity index (χ2n) is 5.93. The van der Waals surface area contributed by atoms with Crippen molar-refractivity contribution in [1.82, 2.24) is 10.2 Å². The fraction of sp³-hybridized carbons (Fsp3) is 0.625. The maximum Gasteiger partial charge on any atom is 0.416 e. The summed E-state index contributed by atoms with van der Waals surface area (Å²) in [4.78, 5) is 2.16. The molecule has 0 aliphatic carbocycles. The van der Waals surface area contributed by atoms with Crippen LogP contribution >= 0.6 is 12.4 Å². The number of benzene rings is 1. The molecule has 0 amide bonds. The smallest absolute Gasteiger partial charge is 0.317 e. The van der Waals surface area contributed by atoms with Crippen molar-refractivity contribution in [2.75, 3.05) is 26.7 Å². The third-order valence-electron chi connectivity index (χ3n) is 4.36. The Kier molecular flexibility index (Phi) is 7.16. The van der Waals surface area contributed by atoms with Crippen LogP contribution in [0.4, 0.5) is 13.2 Å². The average molecular weight is 337 g/mol. The molecule has 6 heteroatoms. The van der Waals surface area contributed by atoms with E-state index in [1.807, 2.05) is 14.0 Å². The van der Waals surface area contributed by atoms with Crippen molar-refractivity contribution in [1.29, 1.82) is 0 Å². The molecule has 1 heterocycles. The Morgan fingerprint density at radius 3 is 2.50 bits per heavy atom. The van der Waals surface area contributed by atoms with Gasteiger partial charge in [-0.25, -0.2) is 0 Å². The van der Waals surface area contributed by atoms with Gasteiger partial charge >= 0.3 is 6.18 Å². The quantitative estimate of drug-likeness (QED) is 0.889. The molecule has 2 nitrogen and oxygen atoms in total. The number of alkyl halides is 3. The number of nitrogens with zero attached hydrogens (tertiary/aromatic N) is 1. The number of rotatable bonds is 4. The Labute approximate surface area is 136 Å². The van der Waals surface area contributed by atoms with Crippen LogP contribution in [0.1, 0.15) is 36.9 Å². The Morgan fingerprint density at radius 2 is 1.91 bits per heavy atom. The summed E-state index contributed by atoms with van der Waals surface area (Å²) in [7, 11) is 1.99. The van der Waals surface area contributed by atoms with Crippen molar-refractivity contribution in [3.63, 3.8) is 0 Å². The molecule has 0 bridgehead atoms. The normalized spacial score (nSPS) is 18.1. The summed E-state index contributed by atoms with van der Waals surface area (Å²) in [5.74, 6) is 0.629. The highest BCUT2D eigenvalue weighted by atomic mass is 35.5. The molecule has 1 aliphatic rings. The van der Waals surface area contributed by atoms with Crippen LogP contribution in [-0.2, 0) is 6.18 Å². The third-order valence-corrected chi connectivity index (χ3v) is 4.36. The van der Waals surface area contributed by atoms with E-state index in [4.69, 9.17) is 0 Å². The summed E-state index contributed by atoms with van der Waals surface area (Å²) in [6.45, 7) is 4.97. The maximum atomic E-state index is 12.8. The highest BCUT2D eigenvalue weighted by Crippen LogP contribution is 2.32. The molecule has 1 aromatic rings. The van der Waals surface area contributed by atoms with Crippen LogP contribution in [0.2, 0.25) is 0 Å². The van der Waals surface area contributed by atoms with Gasteiger partial charge in [-0.15, -0.1) is 12.4 Å². The summed E-state index contributed by atoms with van der Waals surface area (Å²) in [6, 6.07) is 5.65. The minimum Gasteiger partial charge on any atom is -0.317 e. The van der Waals surface area contributed by atoms with E-state index in [0.717, 1.165) is 44.1 Å². The number of halogens is 4. The lowest BCUT2D eigenvalue weighted by atomic mass is 9.96. The van der Waals surface area contributed by atoms with Gasteiger partial charge in [-0.05, 0) is 63.5 Å². The first-order valence-corrected chi connectivity index (χ1v) is 7.46. The van der Waals surface area contributed by atoms with Gasteiger partial charge in [0.05, 0.1) is 5.56 Å². The minimum atomic E-state index is -4.27. The molecule has 0 spiro atoms. The van der Waals surface area contributed by atoms with Gasteiger partial charge < -0.3 is 5.32 Å². The van der Waals surface area contributed by atoms with Crippen LogP contribution in [0.15, 0.2) is 24.3 Å². The van der Waals surface area contributed by atoms with E-state index < -0.39 is 11.7 Å². The van der Waals surface area contributed by atoms with Crippen molar-refractivity contribution in [2.45, 2.75) is 32.0 Å². The van der Waals surface area contributed by atoms with Crippen LogP contribution in [0, 0.1) is 5.92 Å². The van der Waals surface area contributed by atoms with Crippen molar-refractivity contribution < 1.29 is 13.2 Å². The number of hydrogen-bond donors (Lipinski definition) is 1. The maximum absolute atomic E-state index is 12.8. The second-order valence-corrected chi connectivity index (χ2v) is 5.93. The van der Waals surface area contributed by atoms with Gasteiger partial charge in [-0.3, -0.25) is 4.90 Å². The lowest BCUT2D eigenvalue weighted by Gasteiger charge is -2.31. The molecule has 1 aromatic carbocycles. The molecule has 2 rings (SSSR count). The Bertz CT molecular complexity index is 459. The van der Waals surface area contributed by atoms with Gasteiger partial charge in [0.1, 0.15) is 0 Å². The van der Waals surface area contributed by atoms with Crippen LogP contribution in [0.3, 0.4) is 0 Å². The number of nitrogens with one attached hydrogen (secondary N) is 1. The minimum absolute atomic E-state index is 0. The molecule has 1 N–H and O–H groups in total. The zero-order chi connectivity index (χ0) is 15.5. The van der Waals surface area contributed by atoms with Gasteiger partial charge in [0.15, 0.2) is 0 Å². The van der Waals surface area contributed by atoms with Gasteiger partial charge in [-0.1, -0.05) is 12.1 Å². The molecule has 126 valence electrons. The largest absolute Gasteiger partial charge is 0.416 e. The van der Waals surface area contributed by atoms with E-state index in [1.165, 1.54) is 12.1 Å². The molecule has 1 aliphatic heterocycles. The van der Waals surface area contributed by atoms with Crippen molar-refractivity contribution in [3.8, 4) is 0 Å². The fourth-order valence-electron chi connectivity index (χ4n) is 2.86. The molecular formula is C16H24ClF3N2. The first-order valence-electron chi connectivity index (χ1n) is 7.46. The zero-order valence-electron chi connectivity index (χ0n) is 13.0. The standard InChI is InChI=1S/C16H23F3N2.ClH/c1-12(21(2)11-13-6-8-20-9-7-13)14-4-3-5-15(10-14)16(17,18)19;/h3-5,10,12-13,20H,6-9,11H2,1-2H3;1H. The lowest BCUT2D eigenvalue weighted by molar-refractivity contribution is -0.137. The Balaban J connectivity index is 0.00000242. The summed E-state index contributed by atoms with van der Waals surface area (Å²) < 4.78 is 38.4. The van der Waals surface area contributed by atoms with E-state index in [-0.39, 0.29) is 18.4 Å². The first kappa shape index (κ1) is 19.3. The average Bonchev–Trinajstić information content (AvgIpc) is 2.46. The van der Waals surface area contributed by atoms with Gasteiger partial charge in [0.2, 0.25) is 0 Å². The zero-order valence-corrected chi connectivity index (χ0v) is 13.8. The molecule has 22 heavy (non-hydrogen) atoms. The predicted octanol–water partition coefficient (Wildman–Crippen LogP) is 4.12. The van der Waals surface area contributed by atoms with E-state index in [0.29, 0.717) is 5.92 Å². The van der Waals surface area contributed by atoms with Crippen LogP contribution in [0.5, 0.6) is 0 Å².